The van der Waals surface area contributed by atoms with E-state index in [2.05, 4.69) is 15.6 Å². The van der Waals surface area contributed by atoms with Crippen LogP contribution in [-0.4, -0.2) is 17.9 Å². The number of rotatable bonds is 4. The normalized spacial score (nSPS) is 11.9. The van der Waals surface area contributed by atoms with E-state index in [4.69, 9.17) is 23.2 Å². The van der Waals surface area contributed by atoms with Crippen molar-refractivity contribution in [3.63, 3.8) is 0 Å². The molecule has 2 rings (SSSR count). The molecule has 1 unspecified atom stereocenters. The SMILES string of the molecule is CNC(=O)c1cccnc1NC(C)c1c(Cl)ccc(F)c1Cl. The monoisotopic (exact) mass is 341 g/mol. The zero-order valence-corrected chi connectivity index (χ0v) is 13.5. The van der Waals surface area contributed by atoms with E-state index in [0.717, 1.165) is 0 Å². The molecule has 0 bridgehead atoms. The number of carbonyl (C=O) groups excluding carboxylic acids is 1. The van der Waals surface area contributed by atoms with Crippen molar-refractivity contribution in [3.8, 4) is 0 Å². The van der Waals surface area contributed by atoms with Crippen molar-refractivity contribution >= 4 is 34.9 Å². The lowest BCUT2D eigenvalue weighted by Crippen LogP contribution is -2.21. The zero-order chi connectivity index (χ0) is 16.3. The minimum absolute atomic E-state index is 0.0510. The Bertz CT molecular complexity index is 709. The summed E-state index contributed by atoms with van der Waals surface area (Å²) in [5.74, 6) is -0.466. The van der Waals surface area contributed by atoms with Crippen LogP contribution < -0.4 is 10.6 Å². The zero-order valence-electron chi connectivity index (χ0n) is 12.0. The van der Waals surface area contributed by atoms with Crippen LogP contribution in [0.2, 0.25) is 10.0 Å². The fraction of sp³-hybridized carbons (Fsp3) is 0.200. The van der Waals surface area contributed by atoms with Crippen molar-refractivity contribution in [2.75, 3.05) is 12.4 Å². The number of hydrogen-bond acceptors (Lipinski definition) is 3. The summed E-state index contributed by atoms with van der Waals surface area (Å²) in [6, 6.07) is 5.50. The second kappa shape index (κ2) is 6.94. The van der Waals surface area contributed by atoms with Gasteiger partial charge in [-0.15, -0.1) is 0 Å². The second-order valence-electron chi connectivity index (χ2n) is 4.60. The summed E-state index contributed by atoms with van der Waals surface area (Å²) in [7, 11) is 1.53. The first-order chi connectivity index (χ1) is 10.5. The van der Waals surface area contributed by atoms with Crippen LogP contribution in [0.3, 0.4) is 0 Å². The standard InChI is InChI=1S/C15H14Cl2FN3O/c1-8(12-10(16)5-6-11(18)13(12)17)21-14-9(15(22)19-2)4-3-7-20-14/h3-8H,1-2H3,(H,19,22)(H,20,21). The maximum absolute atomic E-state index is 13.6. The summed E-state index contributed by atoms with van der Waals surface area (Å²) >= 11 is 12.1. The number of benzene rings is 1. The Morgan fingerprint density at radius 2 is 2.05 bits per heavy atom. The average Bonchev–Trinajstić information content (AvgIpc) is 2.51. The summed E-state index contributed by atoms with van der Waals surface area (Å²) < 4.78 is 13.6. The Labute approximate surface area is 137 Å². The van der Waals surface area contributed by atoms with E-state index in [1.807, 2.05) is 0 Å². The lowest BCUT2D eigenvalue weighted by Gasteiger charge is -2.19. The smallest absolute Gasteiger partial charge is 0.254 e. The molecule has 0 fully saturated rings. The molecule has 4 nitrogen and oxygen atoms in total. The third-order valence-electron chi connectivity index (χ3n) is 3.15. The topological polar surface area (TPSA) is 54.0 Å². The van der Waals surface area contributed by atoms with Gasteiger partial charge in [0.1, 0.15) is 11.6 Å². The number of hydrogen-bond donors (Lipinski definition) is 2. The molecule has 0 saturated heterocycles. The van der Waals surface area contributed by atoms with Gasteiger partial charge in [0.25, 0.3) is 5.91 Å². The van der Waals surface area contributed by atoms with Crippen LogP contribution in [0.5, 0.6) is 0 Å². The Hall–Kier alpha value is -1.85. The largest absolute Gasteiger partial charge is 0.363 e. The highest BCUT2D eigenvalue weighted by Crippen LogP contribution is 2.34. The first kappa shape index (κ1) is 16.5. The van der Waals surface area contributed by atoms with Crippen LogP contribution in [-0.2, 0) is 0 Å². The van der Waals surface area contributed by atoms with Crippen LogP contribution in [0, 0.1) is 5.82 Å². The molecule has 0 aliphatic carbocycles. The third kappa shape index (κ3) is 3.31. The highest BCUT2D eigenvalue weighted by Gasteiger charge is 2.19. The number of nitrogens with one attached hydrogen (secondary N) is 2. The molecule has 0 aliphatic rings. The number of aromatic nitrogens is 1. The van der Waals surface area contributed by atoms with E-state index in [1.165, 1.54) is 19.2 Å². The predicted molar refractivity (Wildman–Crippen MR) is 86.1 cm³/mol. The summed E-state index contributed by atoms with van der Waals surface area (Å²) in [5.41, 5.74) is 0.789. The van der Waals surface area contributed by atoms with E-state index in [9.17, 15) is 9.18 Å². The number of amides is 1. The van der Waals surface area contributed by atoms with Crippen LogP contribution in [0.4, 0.5) is 10.2 Å². The van der Waals surface area contributed by atoms with Gasteiger partial charge in [-0.2, -0.15) is 0 Å². The minimum Gasteiger partial charge on any atom is -0.363 e. The summed E-state index contributed by atoms with van der Waals surface area (Å²) in [6.07, 6.45) is 1.55. The van der Waals surface area contributed by atoms with Crippen molar-refractivity contribution in [2.45, 2.75) is 13.0 Å². The molecule has 0 spiro atoms. The van der Waals surface area contributed by atoms with Gasteiger partial charge < -0.3 is 10.6 Å². The summed E-state index contributed by atoms with van der Waals surface area (Å²) in [6.45, 7) is 1.76. The maximum atomic E-state index is 13.6. The second-order valence-corrected chi connectivity index (χ2v) is 5.39. The number of anilines is 1. The number of carbonyl (C=O) groups is 1. The van der Waals surface area contributed by atoms with Gasteiger partial charge >= 0.3 is 0 Å². The van der Waals surface area contributed by atoms with Crippen LogP contribution in [0.1, 0.15) is 28.9 Å². The van der Waals surface area contributed by atoms with Gasteiger partial charge in [-0.05, 0) is 31.2 Å². The molecule has 22 heavy (non-hydrogen) atoms. The van der Waals surface area contributed by atoms with Gasteiger partial charge in [0.15, 0.2) is 0 Å². The lowest BCUT2D eigenvalue weighted by atomic mass is 10.1. The average molecular weight is 342 g/mol. The predicted octanol–water partition coefficient (Wildman–Crippen LogP) is 4.06. The first-order valence-electron chi connectivity index (χ1n) is 6.52. The van der Waals surface area contributed by atoms with Gasteiger partial charge in [0, 0.05) is 23.8 Å². The van der Waals surface area contributed by atoms with Gasteiger partial charge in [-0.3, -0.25) is 4.79 Å². The van der Waals surface area contributed by atoms with Crippen molar-refractivity contribution < 1.29 is 9.18 Å². The van der Waals surface area contributed by atoms with Crippen LogP contribution in [0.15, 0.2) is 30.5 Å². The Kier molecular flexibility index (Phi) is 5.21. The fourth-order valence-electron chi connectivity index (χ4n) is 2.06. The molecule has 1 aromatic heterocycles. The van der Waals surface area contributed by atoms with E-state index in [1.54, 1.807) is 25.3 Å². The molecule has 2 N–H and O–H groups in total. The Balaban J connectivity index is 2.36. The quantitative estimate of drug-likeness (QED) is 0.824. The van der Waals surface area contributed by atoms with Crippen LogP contribution >= 0.6 is 23.2 Å². The summed E-state index contributed by atoms with van der Waals surface area (Å²) in [5, 5.41) is 5.86. The van der Waals surface area contributed by atoms with Crippen LogP contribution in [0.25, 0.3) is 0 Å². The Morgan fingerprint density at radius 1 is 1.32 bits per heavy atom. The van der Waals surface area contributed by atoms with E-state index >= 15 is 0 Å². The molecule has 1 amide bonds. The summed E-state index contributed by atoms with van der Waals surface area (Å²) in [4.78, 5) is 16.0. The minimum atomic E-state index is -0.553. The van der Waals surface area contributed by atoms with Gasteiger partial charge in [-0.25, -0.2) is 9.37 Å². The number of halogens is 3. The fourth-order valence-corrected chi connectivity index (χ4v) is 2.75. The molecule has 0 saturated carbocycles. The molecule has 7 heteroatoms. The molecule has 1 atom stereocenters. The van der Waals surface area contributed by atoms with Gasteiger partial charge in [0.2, 0.25) is 0 Å². The highest BCUT2D eigenvalue weighted by atomic mass is 35.5. The van der Waals surface area contributed by atoms with Crippen molar-refractivity contribution in [2.24, 2.45) is 0 Å². The molecule has 0 radical (unpaired) electrons. The molecule has 2 aromatic rings. The van der Waals surface area contributed by atoms with Crippen molar-refractivity contribution in [1.29, 1.82) is 0 Å². The highest BCUT2D eigenvalue weighted by molar-refractivity contribution is 6.36. The molecular formula is C15H14Cl2FN3O. The molecular weight excluding hydrogens is 328 g/mol. The maximum Gasteiger partial charge on any atom is 0.254 e. The van der Waals surface area contributed by atoms with E-state index in [0.29, 0.717) is 22.0 Å². The van der Waals surface area contributed by atoms with Gasteiger partial charge in [-0.1, -0.05) is 23.2 Å². The third-order valence-corrected chi connectivity index (χ3v) is 3.86. The van der Waals surface area contributed by atoms with E-state index < -0.39 is 11.9 Å². The number of nitrogens with zero attached hydrogens (tertiary/aromatic N) is 1. The molecule has 0 aliphatic heterocycles. The molecule has 1 aromatic carbocycles. The number of pyridine rings is 1. The first-order valence-corrected chi connectivity index (χ1v) is 7.28. The lowest BCUT2D eigenvalue weighted by molar-refractivity contribution is 0.0963. The van der Waals surface area contributed by atoms with Crippen molar-refractivity contribution in [1.82, 2.24) is 10.3 Å². The van der Waals surface area contributed by atoms with Gasteiger partial charge in [0.05, 0.1) is 16.6 Å². The van der Waals surface area contributed by atoms with E-state index in [-0.39, 0.29) is 10.9 Å². The molecule has 116 valence electrons. The van der Waals surface area contributed by atoms with Crippen molar-refractivity contribution in [3.05, 3.63) is 57.5 Å². The Morgan fingerprint density at radius 3 is 2.73 bits per heavy atom. The molecule has 1 heterocycles.